The molecule has 22 heavy (non-hydrogen) atoms. The quantitative estimate of drug-likeness (QED) is 0.874. The van der Waals surface area contributed by atoms with Crippen LogP contribution in [0.1, 0.15) is 13.8 Å². The molecule has 1 aliphatic rings. The third kappa shape index (κ3) is 3.48. The van der Waals surface area contributed by atoms with Crippen molar-refractivity contribution in [2.24, 2.45) is 11.7 Å². The molecule has 0 unspecified atom stereocenters. The van der Waals surface area contributed by atoms with Gasteiger partial charge in [-0.3, -0.25) is 4.79 Å². The van der Waals surface area contributed by atoms with Crippen LogP contribution in [0.25, 0.3) is 0 Å². The first-order valence-electron chi connectivity index (χ1n) is 7.43. The normalized spacial score (nSPS) is 18.5. The minimum Gasteiger partial charge on any atom is -0.339 e. The summed E-state index contributed by atoms with van der Waals surface area (Å²) in [5.41, 5.74) is 5.88. The molecule has 2 rings (SSSR count). The zero-order valence-corrected chi connectivity index (χ0v) is 13.8. The van der Waals surface area contributed by atoms with Gasteiger partial charge in [0.25, 0.3) is 0 Å². The zero-order chi connectivity index (χ0) is 16.3. The molecular weight excluding hydrogens is 302 g/mol. The van der Waals surface area contributed by atoms with Crippen LogP contribution in [0, 0.1) is 5.92 Å². The predicted octanol–water partition coefficient (Wildman–Crippen LogP) is 0.503. The predicted molar refractivity (Wildman–Crippen MR) is 84.6 cm³/mol. The van der Waals surface area contributed by atoms with Crippen molar-refractivity contribution in [3.8, 4) is 0 Å². The topological polar surface area (TPSA) is 83.7 Å². The van der Waals surface area contributed by atoms with E-state index in [4.69, 9.17) is 5.73 Å². The molecule has 0 saturated carbocycles. The van der Waals surface area contributed by atoms with Gasteiger partial charge in [0.1, 0.15) is 0 Å². The van der Waals surface area contributed by atoms with Crippen LogP contribution in [0.2, 0.25) is 0 Å². The molecule has 1 aromatic rings. The van der Waals surface area contributed by atoms with Crippen molar-refractivity contribution in [2.75, 3.05) is 26.2 Å². The summed E-state index contributed by atoms with van der Waals surface area (Å²) in [4.78, 5) is 14.1. The highest BCUT2D eigenvalue weighted by Crippen LogP contribution is 2.17. The lowest BCUT2D eigenvalue weighted by atomic mass is 10.0. The fraction of sp³-hybridized carbons (Fsp3) is 0.533. The Hall–Kier alpha value is -1.44. The number of rotatable bonds is 4. The maximum atomic E-state index is 12.5. The van der Waals surface area contributed by atoms with Crippen LogP contribution in [0.3, 0.4) is 0 Å². The van der Waals surface area contributed by atoms with Crippen molar-refractivity contribution < 1.29 is 13.2 Å². The van der Waals surface area contributed by atoms with Crippen LogP contribution >= 0.6 is 0 Å². The minimum absolute atomic E-state index is 0.0681. The molecule has 1 amide bonds. The van der Waals surface area contributed by atoms with Crippen LogP contribution in [0.4, 0.5) is 0 Å². The SMILES string of the molecule is CC(C)[C@H](N)C(=O)N1CCN(S(=O)(=O)c2ccccc2)CC1. The molecule has 122 valence electrons. The van der Waals surface area contributed by atoms with E-state index in [-0.39, 0.29) is 16.7 Å². The number of piperazine rings is 1. The highest BCUT2D eigenvalue weighted by atomic mass is 32.2. The van der Waals surface area contributed by atoms with Gasteiger partial charge in [0.15, 0.2) is 0 Å². The van der Waals surface area contributed by atoms with E-state index in [1.54, 1.807) is 35.2 Å². The maximum absolute atomic E-state index is 12.5. The largest absolute Gasteiger partial charge is 0.339 e. The molecule has 1 aliphatic heterocycles. The standard InChI is InChI=1S/C15H23N3O3S/c1-12(2)14(16)15(19)17-8-10-18(11-9-17)22(20,21)13-6-4-3-5-7-13/h3-7,12,14H,8-11,16H2,1-2H3/t14-/m0/s1. The molecule has 6 nitrogen and oxygen atoms in total. The second-order valence-electron chi connectivity index (χ2n) is 5.81. The fourth-order valence-electron chi connectivity index (χ4n) is 2.39. The lowest BCUT2D eigenvalue weighted by Crippen LogP contribution is -2.55. The number of nitrogens with zero attached hydrogens (tertiary/aromatic N) is 2. The number of hydrogen-bond donors (Lipinski definition) is 1. The number of amides is 1. The van der Waals surface area contributed by atoms with E-state index in [1.807, 2.05) is 13.8 Å². The highest BCUT2D eigenvalue weighted by molar-refractivity contribution is 7.89. The zero-order valence-electron chi connectivity index (χ0n) is 13.0. The van der Waals surface area contributed by atoms with Crippen molar-refractivity contribution in [1.29, 1.82) is 0 Å². The number of carbonyl (C=O) groups is 1. The van der Waals surface area contributed by atoms with E-state index < -0.39 is 16.1 Å². The minimum atomic E-state index is -3.48. The second kappa shape index (κ2) is 6.76. The Kier molecular flexibility index (Phi) is 5.20. The Morgan fingerprint density at radius 2 is 1.64 bits per heavy atom. The lowest BCUT2D eigenvalue weighted by molar-refractivity contribution is -0.134. The van der Waals surface area contributed by atoms with E-state index in [0.717, 1.165) is 0 Å². The van der Waals surface area contributed by atoms with Crippen LogP contribution < -0.4 is 5.73 Å². The van der Waals surface area contributed by atoms with Gasteiger partial charge in [-0.15, -0.1) is 0 Å². The van der Waals surface area contributed by atoms with Gasteiger partial charge in [0, 0.05) is 26.2 Å². The number of nitrogens with two attached hydrogens (primary N) is 1. The second-order valence-corrected chi connectivity index (χ2v) is 7.75. The van der Waals surface area contributed by atoms with Gasteiger partial charge in [-0.1, -0.05) is 32.0 Å². The van der Waals surface area contributed by atoms with Gasteiger partial charge < -0.3 is 10.6 Å². The van der Waals surface area contributed by atoms with Gasteiger partial charge in [-0.05, 0) is 18.1 Å². The summed E-state index contributed by atoms with van der Waals surface area (Å²) in [5.74, 6) is -0.0367. The molecular formula is C15H23N3O3S. The highest BCUT2D eigenvalue weighted by Gasteiger charge is 2.32. The molecule has 7 heteroatoms. The van der Waals surface area contributed by atoms with E-state index in [0.29, 0.717) is 26.2 Å². The monoisotopic (exact) mass is 325 g/mol. The molecule has 1 atom stereocenters. The molecule has 0 spiro atoms. The van der Waals surface area contributed by atoms with E-state index in [1.165, 1.54) is 4.31 Å². The first-order chi connectivity index (χ1) is 10.3. The van der Waals surface area contributed by atoms with Crippen LogP contribution in [0.15, 0.2) is 35.2 Å². The van der Waals surface area contributed by atoms with Crippen molar-refractivity contribution >= 4 is 15.9 Å². The third-order valence-electron chi connectivity index (χ3n) is 3.93. The van der Waals surface area contributed by atoms with Gasteiger partial charge in [-0.2, -0.15) is 4.31 Å². The van der Waals surface area contributed by atoms with Gasteiger partial charge in [0.2, 0.25) is 15.9 Å². The summed E-state index contributed by atoms with van der Waals surface area (Å²) in [6.45, 7) is 5.16. The number of sulfonamides is 1. The van der Waals surface area contributed by atoms with E-state index >= 15 is 0 Å². The Morgan fingerprint density at radius 3 is 2.14 bits per heavy atom. The van der Waals surface area contributed by atoms with Gasteiger partial charge in [0.05, 0.1) is 10.9 Å². The number of carbonyl (C=O) groups excluding carboxylic acids is 1. The smallest absolute Gasteiger partial charge is 0.243 e. The molecule has 1 saturated heterocycles. The van der Waals surface area contributed by atoms with Crippen LogP contribution in [-0.2, 0) is 14.8 Å². The van der Waals surface area contributed by atoms with Crippen molar-refractivity contribution in [2.45, 2.75) is 24.8 Å². The molecule has 0 bridgehead atoms. The molecule has 2 N–H and O–H groups in total. The molecule has 1 heterocycles. The Labute approximate surface area is 131 Å². The number of hydrogen-bond acceptors (Lipinski definition) is 4. The molecule has 0 aromatic heterocycles. The van der Waals surface area contributed by atoms with E-state index in [2.05, 4.69) is 0 Å². The van der Waals surface area contributed by atoms with Gasteiger partial charge in [-0.25, -0.2) is 8.42 Å². The van der Waals surface area contributed by atoms with Crippen molar-refractivity contribution in [3.05, 3.63) is 30.3 Å². The average molecular weight is 325 g/mol. The molecule has 1 aromatic carbocycles. The lowest BCUT2D eigenvalue weighted by Gasteiger charge is -2.35. The summed E-state index contributed by atoms with van der Waals surface area (Å²) in [5, 5.41) is 0. The van der Waals surface area contributed by atoms with Crippen LogP contribution in [-0.4, -0.2) is 55.8 Å². The number of benzene rings is 1. The van der Waals surface area contributed by atoms with Crippen LogP contribution in [0.5, 0.6) is 0 Å². The summed E-state index contributed by atoms with van der Waals surface area (Å²) in [6, 6.07) is 7.83. The molecule has 0 radical (unpaired) electrons. The summed E-state index contributed by atoms with van der Waals surface area (Å²) < 4.78 is 26.4. The van der Waals surface area contributed by atoms with Crippen molar-refractivity contribution in [1.82, 2.24) is 9.21 Å². The third-order valence-corrected chi connectivity index (χ3v) is 5.85. The Balaban J connectivity index is 2.02. The Morgan fingerprint density at radius 1 is 1.09 bits per heavy atom. The molecule has 1 fully saturated rings. The van der Waals surface area contributed by atoms with E-state index in [9.17, 15) is 13.2 Å². The summed E-state index contributed by atoms with van der Waals surface area (Å²) in [6.07, 6.45) is 0. The molecule has 0 aliphatic carbocycles. The first-order valence-corrected chi connectivity index (χ1v) is 8.87. The first kappa shape index (κ1) is 16.9. The van der Waals surface area contributed by atoms with Gasteiger partial charge >= 0.3 is 0 Å². The average Bonchev–Trinajstić information content (AvgIpc) is 2.54. The Bertz CT molecular complexity index is 608. The maximum Gasteiger partial charge on any atom is 0.243 e. The summed E-state index contributed by atoms with van der Waals surface area (Å²) in [7, 11) is -3.48. The summed E-state index contributed by atoms with van der Waals surface area (Å²) >= 11 is 0. The van der Waals surface area contributed by atoms with Crippen molar-refractivity contribution in [3.63, 3.8) is 0 Å². The fourth-order valence-corrected chi connectivity index (χ4v) is 3.83.